The fraction of sp³-hybridized carbons (Fsp3) is 0. The van der Waals surface area contributed by atoms with Crippen LogP contribution in [0.25, 0.3) is 82.8 Å². The second-order valence-electron chi connectivity index (χ2n) is 14.5. The van der Waals surface area contributed by atoms with Crippen LogP contribution in [0.4, 0.5) is 17.1 Å². The number of nitrogens with zero attached hydrogens (tertiary/aromatic N) is 2. The third-order valence-corrected chi connectivity index (χ3v) is 11.2. The Balaban J connectivity index is 1.26. The van der Waals surface area contributed by atoms with Gasteiger partial charge in [0, 0.05) is 49.7 Å². The Morgan fingerprint density at radius 3 is 1.53 bits per heavy atom. The Labute approximate surface area is 330 Å². The van der Waals surface area contributed by atoms with E-state index in [9.17, 15) is 0 Å². The fourth-order valence-corrected chi connectivity index (χ4v) is 8.56. The highest BCUT2D eigenvalue weighted by atomic mass is 16.3. The third kappa shape index (κ3) is 5.51. The lowest BCUT2D eigenvalue weighted by atomic mass is 9.96. The molecule has 0 radical (unpaired) electrons. The lowest BCUT2D eigenvalue weighted by molar-refractivity contribution is 0.670. The molecule has 0 saturated heterocycles. The van der Waals surface area contributed by atoms with Crippen LogP contribution in [-0.2, 0) is 0 Å². The van der Waals surface area contributed by atoms with E-state index in [0.717, 1.165) is 66.8 Å². The van der Waals surface area contributed by atoms with Crippen LogP contribution in [0.1, 0.15) is 0 Å². The molecule has 11 aromatic rings. The Morgan fingerprint density at radius 1 is 0.351 bits per heavy atom. The molecule has 2 heterocycles. The molecule has 0 aliphatic rings. The van der Waals surface area contributed by atoms with Gasteiger partial charge in [-0.15, -0.1) is 0 Å². The van der Waals surface area contributed by atoms with E-state index < -0.39 is 0 Å². The lowest BCUT2D eigenvalue weighted by Gasteiger charge is -2.30. The van der Waals surface area contributed by atoms with Gasteiger partial charge in [0.25, 0.3) is 0 Å². The Bertz CT molecular complexity index is 3120. The summed E-state index contributed by atoms with van der Waals surface area (Å²) < 4.78 is 9.21. The van der Waals surface area contributed by atoms with Crippen LogP contribution in [0, 0.1) is 0 Å². The molecule has 0 N–H and O–H groups in total. The molecular weight excluding hydrogens is 693 g/mol. The molecule has 0 aliphatic carbocycles. The first kappa shape index (κ1) is 32.8. The molecule has 0 bridgehead atoms. The van der Waals surface area contributed by atoms with Crippen molar-refractivity contribution in [2.45, 2.75) is 0 Å². The number of para-hydroxylation sites is 4. The first-order chi connectivity index (χ1) is 28.3. The average molecular weight is 729 g/mol. The van der Waals surface area contributed by atoms with Crippen molar-refractivity contribution in [2.75, 3.05) is 4.90 Å². The predicted octanol–water partition coefficient (Wildman–Crippen LogP) is 15.2. The molecule has 9 aromatic carbocycles. The summed E-state index contributed by atoms with van der Waals surface area (Å²) in [6, 6.07) is 78.1. The second-order valence-corrected chi connectivity index (χ2v) is 14.5. The van der Waals surface area contributed by atoms with Gasteiger partial charge in [0.2, 0.25) is 0 Å². The van der Waals surface area contributed by atoms with Crippen LogP contribution >= 0.6 is 0 Å². The van der Waals surface area contributed by atoms with Crippen molar-refractivity contribution in [1.29, 1.82) is 0 Å². The summed E-state index contributed by atoms with van der Waals surface area (Å²) >= 11 is 0. The first-order valence-electron chi connectivity index (χ1n) is 19.4. The number of fused-ring (bicyclic) bond motifs is 6. The van der Waals surface area contributed by atoms with Crippen LogP contribution in [-0.4, -0.2) is 4.57 Å². The van der Waals surface area contributed by atoms with Crippen LogP contribution < -0.4 is 4.90 Å². The lowest BCUT2D eigenvalue weighted by Crippen LogP contribution is -2.13. The Hall–Kier alpha value is -7.62. The summed E-state index contributed by atoms with van der Waals surface area (Å²) in [6.07, 6.45) is 0. The van der Waals surface area contributed by atoms with Crippen LogP contribution in [0.2, 0.25) is 0 Å². The fourth-order valence-electron chi connectivity index (χ4n) is 8.56. The smallest absolute Gasteiger partial charge is 0.143 e. The Morgan fingerprint density at radius 2 is 0.877 bits per heavy atom. The molecule has 3 heteroatoms. The number of aromatic nitrogens is 1. The number of anilines is 3. The van der Waals surface area contributed by atoms with Gasteiger partial charge in [0.05, 0.1) is 16.7 Å². The highest BCUT2D eigenvalue weighted by Gasteiger charge is 2.27. The molecule has 57 heavy (non-hydrogen) atoms. The SMILES string of the molecule is c1ccc(-c2ccc(N(c3ccc(-c4ccccc4)cc3)c3c(-c4cccc5c4oc4ccccc45)ccc4c5ccccc5n(-c5ccccc5)c34)cc2)cc1. The van der Waals surface area contributed by atoms with Crippen molar-refractivity contribution in [3.63, 3.8) is 0 Å². The molecule has 0 fully saturated rings. The molecule has 0 amide bonds. The predicted molar refractivity (Wildman–Crippen MR) is 239 cm³/mol. The zero-order chi connectivity index (χ0) is 37.7. The van der Waals surface area contributed by atoms with Gasteiger partial charge in [-0.1, -0.05) is 170 Å². The highest BCUT2D eigenvalue weighted by molar-refractivity contribution is 6.19. The molecule has 0 aliphatic heterocycles. The quantitative estimate of drug-likeness (QED) is 0.163. The van der Waals surface area contributed by atoms with Crippen molar-refractivity contribution in [1.82, 2.24) is 4.57 Å². The summed E-state index contributed by atoms with van der Waals surface area (Å²) in [5.41, 5.74) is 15.1. The van der Waals surface area contributed by atoms with E-state index >= 15 is 0 Å². The summed E-state index contributed by atoms with van der Waals surface area (Å²) in [5.74, 6) is 0. The molecule has 0 spiro atoms. The van der Waals surface area contributed by atoms with E-state index in [-0.39, 0.29) is 0 Å². The van der Waals surface area contributed by atoms with Crippen LogP contribution in [0.3, 0.4) is 0 Å². The number of benzene rings is 9. The summed E-state index contributed by atoms with van der Waals surface area (Å²) in [7, 11) is 0. The molecule has 0 saturated carbocycles. The monoisotopic (exact) mass is 728 g/mol. The standard InChI is InChI=1S/C54H36N2O/c1-4-15-37(16-5-1)39-27-31-42(32-28-39)55(43-33-29-40(30-34-43)38-17-6-2-7-18-38)52-47(49-24-14-23-48-45-22-11-13-26-51(45)57-54(48)49)36-35-46-44-21-10-12-25-50(44)56(53(46)52)41-19-8-3-9-20-41/h1-36H. The summed E-state index contributed by atoms with van der Waals surface area (Å²) in [5, 5.41) is 4.59. The zero-order valence-electron chi connectivity index (χ0n) is 31.1. The molecule has 0 atom stereocenters. The van der Waals surface area contributed by atoms with Gasteiger partial charge < -0.3 is 13.9 Å². The van der Waals surface area contributed by atoms with Crippen molar-refractivity contribution < 1.29 is 4.42 Å². The minimum atomic E-state index is 0.875. The topological polar surface area (TPSA) is 21.3 Å². The Kier molecular flexibility index (Phi) is 7.82. The average Bonchev–Trinajstić information content (AvgIpc) is 3.84. The third-order valence-electron chi connectivity index (χ3n) is 11.2. The van der Waals surface area contributed by atoms with Gasteiger partial charge in [0.1, 0.15) is 11.2 Å². The zero-order valence-corrected chi connectivity index (χ0v) is 31.1. The molecule has 2 aromatic heterocycles. The summed E-state index contributed by atoms with van der Waals surface area (Å²) in [6.45, 7) is 0. The van der Waals surface area contributed by atoms with Crippen molar-refractivity contribution >= 4 is 60.8 Å². The summed E-state index contributed by atoms with van der Waals surface area (Å²) in [4.78, 5) is 2.45. The minimum absolute atomic E-state index is 0.875. The van der Waals surface area contributed by atoms with E-state index in [1.165, 1.54) is 33.0 Å². The maximum Gasteiger partial charge on any atom is 0.143 e. The van der Waals surface area contributed by atoms with E-state index in [4.69, 9.17) is 4.42 Å². The van der Waals surface area contributed by atoms with Gasteiger partial charge in [0.15, 0.2) is 0 Å². The van der Waals surface area contributed by atoms with E-state index in [1.54, 1.807) is 0 Å². The van der Waals surface area contributed by atoms with E-state index in [1.807, 2.05) is 6.07 Å². The minimum Gasteiger partial charge on any atom is -0.455 e. The largest absolute Gasteiger partial charge is 0.455 e. The maximum atomic E-state index is 6.77. The molecular formula is C54H36N2O. The van der Waals surface area contributed by atoms with Gasteiger partial charge in [-0.05, 0) is 70.8 Å². The maximum absolute atomic E-state index is 6.77. The molecule has 0 unspecified atom stereocenters. The molecule has 11 rings (SSSR count). The van der Waals surface area contributed by atoms with E-state index in [2.05, 4.69) is 222 Å². The highest BCUT2D eigenvalue weighted by Crippen LogP contribution is 2.50. The van der Waals surface area contributed by atoms with Gasteiger partial charge in [-0.25, -0.2) is 0 Å². The van der Waals surface area contributed by atoms with Crippen molar-refractivity contribution in [3.05, 3.63) is 218 Å². The van der Waals surface area contributed by atoms with Gasteiger partial charge in [-0.3, -0.25) is 0 Å². The number of rotatable bonds is 7. The van der Waals surface area contributed by atoms with Gasteiger partial charge >= 0.3 is 0 Å². The van der Waals surface area contributed by atoms with Crippen LogP contribution in [0.15, 0.2) is 223 Å². The molecule has 3 nitrogen and oxygen atoms in total. The number of furan rings is 1. The normalized spacial score (nSPS) is 11.5. The second kappa shape index (κ2) is 13.6. The van der Waals surface area contributed by atoms with Crippen molar-refractivity contribution in [2.24, 2.45) is 0 Å². The number of hydrogen-bond donors (Lipinski definition) is 0. The first-order valence-corrected chi connectivity index (χ1v) is 19.4. The van der Waals surface area contributed by atoms with Gasteiger partial charge in [-0.2, -0.15) is 0 Å². The van der Waals surface area contributed by atoms with Crippen LogP contribution in [0.5, 0.6) is 0 Å². The van der Waals surface area contributed by atoms with E-state index in [0.29, 0.717) is 0 Å². The molecule has 268 valence electrons. The number of hydrogen-bond acceptors (Lipinski definition) is 2. The van der Waals surface area contributed by atoms with Crippen molar-refractivity contribution in [3.8, 4) is 39.1 Å².